The maximum atomic E-state index is 13.0. The number of halogens is 13. The minimum Gasteiger partial charge on any atom is -0.870 e. The summed E-state index contributed by atoms with van der Waals surface area (Å²) < 4.78 is 27.7. The van der Waals surface area contributed by atoms with E-state index < -0.39 is 160 Å². The van der Waals surface area contributed by atoms with Gasteiger partial charge in [-0.1, -0.05) is 14.9 Å². The van der Waals surface area contributed by atoms with Crippen molar-refractivity contribution in [2.24, 2.45) is 5.73 Å². The van der Waals surface area contributed by atoms with Gasteiger partial charge in [0.25, 0.3) is 34.1 Å². The number of hydrogen-bond acceptors (Lipinski definition) is 29. The zero-order valence-electron chi connectivity index (χ0n) is 51.9. The maximum absolute atomic E-state index is 13.0. The molecule has 3 aromatic carbocycles. The fraction of sp³-hybridized carbons (Fsp3) is 0.463. The van der Waals surface area contributed by atoms with Gasteiger partial charge in [-0.05, 0) is 233 Å². The second-order valence-electron chi connectivity index (χ2n) is 18.3. The number of rotatable bonds is 28. The van der Waals surface area contributed by atoms with E-state index in [0.717, 1.165) is 0 Å². The number of amides is 4. The number of aliphatic hydroxyl groups excluding tert-OH is 11. The fourth-order valence-corrected chi connectivity index (χ4v) is 21.5. The molecule has 47 heteroatoms. The molecule has 4 amide bonds. The van der Waals surface area contributed by atoms with E-state index in [9.17, 15) is 84.3 Å². The molecule has 0 aromatic heterocycles. The summed E-state index contributed by atoms with van der Waals surface area (Å²) in [5, 5.41) is 133. The Morgan fingerprint density at radius 3 is 0.723 bits per heavy atom. The predicted octanol–water partition coefficient (Wildman–Crippen LogP) is 1.94. The van der Waals surface area contributed by atoms with E-state index in [1.54, 1.807) is 67.8 Å². The van der Waals surface area contributed by atoms with Gasteiger partial charge in [-0.15, -0.1) is 0 Å². The van der Waals surface area contributed by atoms with Crippen LogP contribution in [0.1, 0.15) is 128 Å². The van der Waals surface area contributed by atoms with Gasteiger partial charge in [-0.25, -0.2) is 0 Å². The summed E-state index contributed by atoms with van der Waals surface area (Å²) in [4.78, 5) is 97.5. The van der Waals surface area contributed by atoms with Crippen LogP contribution in [-0.4, -0.2) is 241 Å². The Morgan fingerprint density at radius 1 is 0.386 bits per heavy atom. The largest absolute Gasteiger partial charge is 1.00 e. The third-order valence-electron chi connectivity index (χ3n) is 11.0. The first-order chi connectivity index (χ1) is 45.2. The van der Waals surface area contributed by atoms with Crippen molar-refractivity contribution in [1.82, 2.24) is 21.3 Å². The van der Waals surface area contributed by atoms with Gasteiger partial charge in [0.1, 0.15) is 0 Å². The molecule has 0 saturated heterocycles. The van der Waals surface area contributed by atoms with Crippen molar-refractivity contribution in [1.29, 1.82) is 16.2 Å². The fourth-order valence-electron chi connectivity index (χ4n) is 6.61. The van der Waals surface area contributed by atoms with Crippen molar-refractivity contribution in [2.45, 2.75) is 98.6 Å². The zero-order valence-corrected chi connectivity index (χ0v) is 79.1. The summed E-state index contributed by atoms with van der Waals surface area (Å²) in [7, 11) is 0. The first-order valence-electron chi connectivity index (χ1n) is 26.3. The van der Waals surface area contributed by atoms with Crippen LogP contribution in [0.5, 0.6) is 0 Å². The molecule has 21 N–H and O–H groups in total. The van der Waals surface area contributed by atoms with Crippen molar-refractivity contribution < 1.29 is 153 Å². The van der Waals surface area contributed by atoms with Gasteiger partial charge >= 0.3 is 41.5 Å². The third kappa shape index (κ3) is 36.6. The second-order valence-corrected chi connectivity index (χ2v) is 28.7. The second kappa shape index (κ2) is 59.1. The molecule has 3 atom stereocenters. The van der Waals surface area contributed by atoms with E-state index in [1.807, 2.05) is 136 Å². The van der Waals surface area contributed by atoms with Crippen LogP contribution in [0.3, 0.4) is 0 Å². The molecular weight excluding hydrogens is 2650 g/mol. The van der Waals surface area contributed by atoms with E-state index in [0.29, 0.717) is 10.7 Å². The number of hydrogen-bond donors (Lipinski definition) is 19. The smallest absolute Gasteiger partial charge is 0.870 e. The van der Waals surface area contributed by atoms with Gasteiger partial charge in [-0.2, -0.15) is 0 Å². The number of nitrogens with one attached hydrogen (secondary N) is 7. The molecule has 0 spiro atoms. The summed E-state index contributed by atoms with van der Waals surface area (Å²) in [6.07, 6.45) is -3.48. The van der Waals surface area contributed by atoms with Gasteiger partial charge in [0.2, 0.25) is 30.3 Å². The molecule has 0 fully saturated rings. The van der Waals surface area contributed by atoms with Gasteiger partial charge in [0.15, 0.2) is 6.29 Å². The summed E-state index contributed by atoms with van der Waals surface area (Å²) in [6.45, 7) is 2.00. The molecular formula is C54H72Cl2I11N8NaO25. The molecule has 0 radical (unpaired) electrons. The molecule has 0 unspecified atom stereocenters. The Balaban J connectivity index is -0.000000315. The number of benzene rings is 3. The van der Waals surface area contributed by atoms with Crippen LogP contribution < -0.4 is 56.6 Å². The molecule has 0 heterocycles. The number of esters is 2. The van der Waals surface area contributed by atoms with Crippen molar-refractivity contribution >= 4 is 327 Å². The Hall–Kier alpha value is 1.32. The first kappa shape index (κ1) is 113. The van der Waals surface area contributed by atoms with Crippen molar-refractivity contribution in [3.05, 3.63) is 82.2 Å². The van der Waals surface area contributed by atoms with Crippen molar-refractivity contribution in [3.63, 3.8) is 0 Å². The number of aliphatic hydroxyl groups is 11. The molecule has 0 aliphatic carbocycles. The number of carbonyl (C=O) groups is 8. The third-order valence-corrected chi connectivity index (χ3v) is 21.1. The average molecular weight is 2720 g/mol. The SMILES string of the molecule is C.C.CC(=O)O[C@@H](C)OC(=N)c1c(I)c(C(=O)Cl)c(I)c(C(=O)Cl)c1I.CC(=O)O[C@@H](C)OC(=N)c1c(I)c(C(=O)NC(CO)CO)c(I)c(C(=O)NC(CO)CO)c1I.C[C@H](O)OC(=N)c1c(I)c(C(=O)NC(CO)CO)c(I)c(C(=O)NC(CO)CO)c1I.II.NC(CO)CO.[Na+].[OH-]. The zero-order chi connectivity index (χ0) is 75.8. The maximum Gasteiger partial charge on any atom is 1.00 e. The molecule has 33 nitrogen and oxygen atoms in total. The summed E-state index contributed by atoms with van der Waals surface area (Å²) in [5.74, 6) is -5.42. The monoisotopic (exact) mass is 2720 g/mol. The van der Waals surface area contributed by atoms with E-state index >= 15 is 0 Å². The van der Waals surface area contributed by atoms with E-state index in [1.165, 1.54) is 34.6 Å². The number of ether oxygens (including phenoxy) is 5. The van der Waals surface area contributed by atoms with Crippen LogP contribution in [0.2, 0.25) is 0 Å². The normalized spacial score (nSPS) is 11.1. The Kier molecular flexibility index (Phi) is 66.3. The van der Waals surface area contributed by atoms with Gasteiger partial charge in [0, 0.05) is 97.1 Å². The molecule has 570 valence electrons. The Labute approximate surface area is 758 Å². The van der Waals surface area contributed by atoms with Crippen LogP contribution in [0, 0.1) is 48.4 Å². The van der Waals surface area contributed by atoms with Crippen molar-refractivity contribution in [2.75, 3.05) is 66.1 Å². The molecule has 0 aliphatic rings. The topological polar surface area (TPSA) is 581 Å². The number of nitrogens with two attached hydrogens (primary N) is 1. The molecule has 101 heavy (non-hydrogen) atoms. The Bertz CT molecular complexity index is 3140. The quantitative estimate of drug-likeness (QED) is 0.00939. The molecule has 0 bridgehead atoms. The van der Waals surface area contributed by atoms with Gasteiger partial charge < -0.3 is 112 Å². The minimum atomic E-state index is -1.32. The molecule has 0 saturated carbocycles. The summed E-state index contributed by atoms with van der Waals surface area (Å²) in [5.41, 5.74) is 5.35. The van der Waals surface area contributed by atoms with Crippen molar-refractivity contribution in [3.8, 4) is 0 Å². The van der Waals surface area contributed by atoms with Crippen LogP contribution in [0.15, 0.2) is 0 Å². The molecule has 3 aromatic rings. The van der Waals surface area contributed by atoms with Crippen LogP contribution in [0.25, 0.3) is 0 Å². The van der Waals surface area contributed by atoms with Crippen LogP contribution >= 0.6 is 264 Å². The number of carbonyl (C=O) groups excluding carboxylic acids is 8. The summed E-state index contributed by atoms with van der Waals surface area (Å²) >= 11 is 31.7. The minimum absolute atomic E-state index is 0. The summed E-state index contributed by atoms with van der Waals surface area (Å²) in [6, 6.07) is -4.27. The van der Waals surface area contributed by atoms with E-state index in [2.05, 4.69) is 58.5 Å². The van der Waals surface area contributed by atoms with E-state index in [4.69, 9.17) is 79.1 Å². The molecule has 0 aliphatic heterocycles. The standard InChI is InChI=1S/C19H24I3N3O9.C17H22I3N3O8.C13H8Cl2I3NO5.C3H9NO2.2CH4.I2.Na.H2O/c1-7(30)33-8(2)34-17(23)11-14(20)12(18(31)24-9(3-26)4-27)16(22)13(15(11)21)19(32)25-10(5-28)6-29;1-6(28)31-15(21)9-12(18)10(16(29)22-7(2-24)3-25)14(20)11(13(9)19)17(30)23-8(4-26)5-27;1-3(20)23-4(2)24-13(19)7-9(17)5(11(14)21)8(16)6(10(7)18)12(15)22;4-3(1-5)2-6;;;1-2;;/h8-10,23,26-29H,3-6H2,1-2H3,(H,24,31)(H,25,32);6-8,21,24-28H,2-5H2,1H3,(H,22,29)(H,23,30);4,19H,1-2H3;3,5-6H,1-2,4H2;2*1H4;;;1H2/q;;;;;;;+1;/p-1/t8-;6-;4-;;;;;;/m111....../s1. The van der Waals surface area contributed by atoms with Gasteiger partial charge in [0.05, 0.1) is 146 Å². The Morgan fingerprint density at radius 2 is 0.564 bits per heavy atom. The first-order valence-corrected chi connectivity index (χ1v) is 43.0. The van der Waals surface area contributed by atoms with Gasteiger partial charge in [-0.3, -0.25) is 54.6 Å². The molecule has 3 rings (SSSR count). The van der Waals surface area contributed by atoms with Crippen LogP contribution in [-0.2, 0) is 33.3 Å². The predicted molar refractivity (Wildman–Crippen MR) is 459 cm³/mol. The van der Waals surface area contributed by atoms with E-state index in [-0.39, 0.29) is 140 Å². The van der Waals surface area contributed by atoms with Crippen LogP contribution in [0.4, 0.5) is 0 Å². The average Bonchev–Trinajstić information content (AvgIpc) is 0.778.